The summed E-state index contributed by atoms with van der Waals surface area (Å²) in [4.78, 5) is 34.3. The summed E-state index contributed by atoms with van der Waals surface area (Å²) in [6.07, 6.45) is -10.0. The summed E-state index contributed by atoms with van der Waals surface area (Å²) in [6, 6.07) is 98.0. The van der Waals surface area contributed by atoms with E-state index in [9.17, 15) is 0 Å². The molecule has 0 saturated carbocycles. The second-order valence-corrected chi connectivity index (χ2v) is 45.2. The fraction of sp³-hybridized carbons (Fsp3) is 0.143. The average Bonchev–Trinajstić information content (AvgIpc) is 3.36. The molecule has 2 N–H and O–H groups in total. The molecule has 9 aromatic carbocycles. The molecular weight excluding hydrogens is 882 g/mol. The second kappa shape index (κ2) is 20.0. The summed E-state index contributed by atoms with van der Waals surface area (Å²) in [5.41, 5.74) is 10.1. The van der Waals surface area contributed by atoms with E-state index >= 15 is 9.79 Å². The molecule has 0 atom stereocenters. The van der Waals surface area contributed by atoms with E-state index in [1.165, 1.54) is 0 Å². The van der Waals surface area contributed by atoms with Crippen LogP contribution in [0.4, 0.5) is 0 Å². The minimum atomic E-state index is -5.64. The average molecular weight is 947 g/mol. The molecule has 0 aliphatic carbocycles. The van der Waals surface area contributed by atoms with Crippen LogP contribution in [0.2, 0.25) is 0 Å². The van der Waals surface area contributed by atoms with Gasteiger partial charge in [0.1, 0.15) is 0 Å². The number of hydrogen-bond acceptors (Lipinski definition) is 2. The first kappa shape index (κ1) is 47.3. The molecule has 0 heterocycles. The fourth-order valence-electron chi connectivity index (χ4n) is 12.3. The van der Waals surface area contributed by atoms with E-state index in [0.29, 0.717) is 49.3 Å². The maximum atomic E-state index is 17.1. The van der Waals surface area contributed by atoms with Gasteiger partial charge in [-0.05, 0) is 0 Å². The van der Waals surface area contributed by atoms with E-state index in [0.717, 1.165) is 50.1 Å². The number of rotatable bonds is 20. The maximum absolute atomic E-state index is 17.1. The fourth-order valence-corrected chi connectivity index (χ4v) is 64.2. The van der Waals surface area contributed by atoms with Gasteiger partial charge in [-0.1, -0.05) is 0 Å². The van der Waals surface area contributed by atoms with Gasteiger partial charge in [0.2, 0.25) is 0 Å². The van der Waals surface area contributed by atoms with E-state index in [-0.39, 0.29) is 6.16 Å². The summed E-state index contributed by atoms with van der Waals surface area (Å²) in [5, 5.41) is 0. The predicted molar refractivity (Wildman–Crippen MR) is 297 cm³/mol. The molecule has 0 aliphatic rings. The Morgan fingerprint density at radius 1 is 0.176 bits per heavy atom. The van der Waals surface area contributed by atoms with Crippen molar-refractivity contribution in [3.63, 3.8) is 0 Å². The molecule has 2 nitrogen and oxygen atoms in total. The molecule has 0 radical (unpaired) electrons. The van der Waals surface area contributed by atoms with Gasteiger partial charge in [0.25, 0.3) is 0 Å². The molecule has 0 amide bonds. The van der Waals surface area contributed by atoms with Crippen LogP contribution in [0.5, 0.6) is 0 Å². The van der Waals surface area contributed by atoms with E-state index < -0.39 is 19.0 Å². The summed E-state index contributed by atoms with van der Waals surface area (Å²) in [7, 11) is 0. The van der Waals surface area contributed by atoms with Crippen molar-refractivity contribution in [2.24, 2.45) is 0 Å². The SMILES string of the molecule is OP(O)(Cc1ccccc1)(P(Cc1ccccc1)(Cc1ccccc1)(Cc1ccccc1)Cc1ccccc1)P(Cc1ccccc1)(Cc1ccccc1)(Cc1ccccc1)Cc1ccccc1. The van der Waals surface area contributed by atoms with Crippen molar-refractivity contribution in [2.75, 3.05) is 0 Å². The second-order valence-electron chi connectivity index (χ2n) is 19.7. The zero-order valence-corrected chi connectivity index (χ0v) is 41.8. The van der Waals surface area contributed by atoms with Gasteiger partial charge in [-0.15, -0.1) is 0 Å². The van der Waals surface area contributed by atoms with Gasteiger partial charge in [0, 0.05) is 0 Å². The Bertz CT molecular complexity index is 2420. The Labute approximate surface area is 405 Å². The topological polar surface area (TPSA) is 40.5 Å². The van der Waals surface area contributed by atoms with E-state index in [1.54, 1.807) is 0 Å². The van der Waals surface area contributed by atoms with Crippen LogP contribution in [0.3, 0.4) is 0 Å². The van der Waals surface area contributed by atoms with Crippen LogP contribution in [0.25, 0.3) is 0 Å². The van der Waals surface area contributed by atoms with Crippen LogP contribution in [-0.2, 0) is 55.5 Å². The Morgan fingerprint density at radius 2 is 0.294 bits per heavy atom. The van der Waals surface area contributed by atoms with Gasteiger partial charge in [0.15, 0.2) is 0 Å². The van der Waals surface area contributed by atoms with Crippen LogP contribution in [0.15, 0.2) is 273 Å². The van der Waals surface area contributed by atoms with E-state index in [1.807, 2.05) is 0 Å². The molecule has 0 aromatic heterocycles. The van der Waals surface area contributed by atoms with Crippen LogP contribution >= 0.6 is 19.0 Å². The third-order valence-electron chi connectivity index (χ3n) is 15.1. The number of hydrogen-bond donors (Lipinski definition) is 2. The molecule has 5 heteroatoms. The van der Waals surface area contributed by atoms with Crippen molar-refractivity contribution in [3.05, 3.63) is 323 Å². The first-order chi connectivity index (χ1) is 33.2. The zero-order valence-electron chi connectivity index (χ0n) is 39.1. The van der Waals surface area contributed by atoms with Gasteiger partial charge < -0.3 is 0 Å². The zero-order chi connectivity index (χ0) is 46.7. The third kappa shape index (κ3) is 9.10. The van der Waals surface area contributed by atoms with Crippen molar-refractivity contribution in [1.82, 2.24) is 0 Å². The van der Waals surface area contributed by atoms with E-state index in [4.69, 9.17) is 0 Å². The van der Waals surface area contributed by atoms with Gasteiger partial charge in [0.05, 0.1) is 0 Å². The van der Waals surface area contributed by atoms with Crippen LogP contribution < -0.4 is 0 Å². The summed E-state index contributed by atoms with van der Waals surface area (Å²) in [5.74, 6) is 0. The predicted octanol–water partition coefficient (Wildman–Crippen LogP) is 17.1. The van der Waals surface area contributed by atoms with Gasteiger partial charge >= 0.3 is 407 Å². The Balaban J connectivity index is 1.60. The van der Waals surface area contributed by atoms with Crippen molar-refractivity contribution < 1.29 is 9.79 Å². The first-order valence-corrected chi connectivity index (χ1v) is 33.7. The van der Waals surface area contributed by atoms with Crippen molar-refractivity contribution in [2.45, 2.75) is 55.5 Å². The van der Waals surface area contributed by atoms with Crippen molar-refractivity contribution >= 4 is 19.0 Å². The third-order valence-corrected chi connectivity index (χ3v) is 57.3. The normalized spacial score (nSPS) is 13.8. The summed E-state index contributed by atoms with van der Waals surface area (Å²) in [6.45, 7) is 0. The van der Waals surface area contributed by atoms with Crippen molar-refractivity contribution in [1.29, 1.82) is 0 Å². The molecule has 9 aromatic rings. The number of benzene rings is 9. The van der Waals surface area contributed by atoms with E-state index in [2.05, 4.69) is 273 Å². The summed E-state index contributed by atoms with van der Waals surface area (Å²) >= 11 is 0. The molecule has 0 fully saturated rings. The quantitative estimate of drug-likeness (QED) is 0.0748. The molecule has 0 bridgehead atoms. The Kier molecular flexibility index (Phi) is 13.9. The molecular formula is C63H65O2P3. The molecule has 9 rings (SSSR count). The van der Waals surface area contributed by atoms with Crippen molar-refractivity contribution in [3.8, 4) is 0 Å². The Hall–Kier alpha value is -5.81. The molecule has 0 aliphatic heterocycles. The molecule has 68 heavy (non-hydrogen) atoms. The van der Waals surface area contributed by atoms with Crippen LogP contribution in [-0.4, -0.2) is 9.79 Å². The standard InChI is InChI=1S/C63H65O2P3/c64-68(65,54-63-44-26-9-27-45-63,66(46-55-28-10-1-11-29-55,47-56-30-12-2-13-31-56,48-57-32-14-3-15-33-57)49-58-34-16-4-17-35-58)67(50-59-36-18-5-19-37-59,51-60-38-20-6-21-39-60,52-61-40-22-7-23-41-61)53-62-42-24-8-25-43-62/h1-45,64-65H,46-54H2. The molecule has 0 saturated heterocycles. The molecule has 0 unspecified atom stereocenters. The van der Waals surface area contributed by atoms with Gasteiger partial charge in [-0.25, -0.2) is 0 Å². The van der Waals surface area contributed by atoms with Crippen LogP contribution in [0, 0.1) is 0 Å². The molecule has 344 valence electrons. The monoisotopic (exact) mass is 946 g/mol. The van der Waals surface area contributed by atoms with Gasteiger partial charge in [-0.3, -0.25) is 0 Å². The minimum absolute atomic E-state index is 0.167. The van der Waals surface area contributed by atoms with Gasteiger partial charge in [-0.2, -0.15) is 0 Å². The summed E-state index contributed by atoms with van der Waals surface area (Å²) < 4.78 is 0. The first-order valence-electron chi connectivity index (χ1n) is 24.0. The molecule has 0 spiro atoms. The van der Waals surface area contributed by atoms with Crippen LogP contribution in [0.1, 0.15) is 50.1 Å². The Morgan fingerprint density at radius 3 is 0.426 bits per heavy atom.